The van der Waals surface area contributed by atoms with Crippen LogP contribution in [-0.2, 0) is 10.9 Å². The number of benzene rings is 1. The second-order valence-electron chi connectivity index (χ2n) is 3.79. The standard InChI is InChI=1S/C11H10BrF6NO/c12-9-2-1-7(5-8(9)11(16,17)18)19-3-4-20-6-10(13,14)15/h1-2,5,19H,3-4,6H2. The van der Waals surface area contributed by atoms with Gasteiger partial charge in [-0.25, -0.2) is 0 Å². The van der Waals surface area contributed by atoms with E-state index in [-0.39, 0.29) is 23.3 Å². The van der Waals surface area contributed by atoms with Crippen LogP contribution in [0, 0.1) is 0 Å². The molecule has 0 aliphatic rings. The first-order valence-corrected chi connectivity index (χ1v) is 6.14. The third-order valence-electron chi connectivity index (χ3n) is 2.11. The van der Waals surface area contributed by atoms with Crippen molar-refractivity contribution in [3.8, 4) is 0 Å². The van der Waals surface area contributed by atoms with Gasteiger partial charge in [0.15, 0.2) is 0 Å². The molecule has 9 heteroatoms. The Balaban J connectivity index is 2.49. The van der Waals surface area contributed by atoms with Crippen LogP contribution in [0.1, 0.15) is 5.56 Å². The van der Waals surface area contributed by atoms with Gasteiger partial charge in [-0.05, 0) is 18.2 Å². The minimum Gasteiger partial charge on any atom is -0.383 e. The third kappa shape index (κ3) is 6.00. The molecule has 0 unspecified atom stereocenters. The highest BCUT2D eigenvalue weighted by atomic mass is 79.9. The van der Waals surface area contributed by atoms with Crippen molar-refractivity contribution in [2.45, 2.75) is 12.4 Å². The van der Waals surface area contributed by atoms with Crippen molar-refractivity contribution >= 4 is 21.6 Å². The molecule has 0 radical (unpaired) electrons. The summed E-state index contributed by atoms with van der Waals surface area (Å²) in [5.74, 6) is 0. The van der Waals surface area contributed by atoms with Gasteiger partial charge in [-0.2, -0.15) is 26.3 Å². The molecule has 0 bridgehead atoms. The van der Waals surface area contributed by atoms with Gasteiger partial charge >= 0.3 is 12.4 Å². The van der Waals surface area contributed by atoms with E-state index >= 15 is 0 Å². The number of hydrogen-bond donors (Lipinski definition) is 1. The van der Waals surface area contributed by atoms with Gasteiger partial charge in [-0.15, -0.1) is 0 Å². The first-order chi connectivity index (χ1) is 9.09. The van der Waals surface area contributed by atoms with Crippen molar-refractivity contribution in [3.63, 3.8) is 0 Å². The minimum atomic E-state index is -4.51. The molecule has 0 heterocycles. The van der Waals surface area contributed by atoms with Gasteiger partial charge in [-0.3, -0.25) is 0 Å². The van der Waals surface area contributed by atoms with Gasteiger partial charge in [0, 0.05) is 16.7 Å². The first-order valence-electron chi connectivity index (χ1n) is 5.35. The van der Waals surface area contributed by atoms with Crippen molar-refractivity contribution in [2.24, 2.45) is 0 Å². The molecule has 0 aliphatic carbocycles. The molecule has 20 heavy (non-hydrogen) atoms. The summed E-state index contributed by atoms with van der Waals surface area (Å²) in [6, 6.07) is 3.46. The highest BCUT2D eigenvalue weighted by Gasteiger charge is 2.33. The monoisotopic (exact) mass is 365 g/mol. The Labute approximate surface area is 119 Å². The average Bonchev–Trinajstić information content (AvgIpc) is 2.27. The van der Waals surface area contributed by atoms with Crippen LogP contribution in [0.2, 0.25) is 0 Å². The van der Waals surface area contributed by atoms with Crippen LogP contribution in [0.3, 0.4) is 0 Å². The largest absolute Gasteiger partial charge is 0.417 e. The van der Waals surface area contributed by atoms with Gasteiger partial charge in [-0.1, -0.05) is 15.9 Å². The number of anilines is 1. The summed E-state index contributed by atoms with van der Waals surface area (Å²) in [4.78, 5) is 0. The fourth-order valence-corrected chi connectivity index (χ4v) is 1.78. The summed E-state index contributed by atoms with van der Waals surface area (Å²) < 4.78 is 77.3. The Bertz CT molecular complexity index is 446. The normalized spacial score (nSPS) is 12.6. The van der Waals surface area contributed by atoms with Crippen LogP contribution in [0.5, 0.6) is 0 Å². The lowest BCUT2D eigenvalue weighted by Gasteiger charge is -2.13. The van der Waals surface area contributed by atoms with Gasteiger partial charge in [0.1, 0.15) is 6.61 Å². The lowest BCUT2D eigenvalue weighted by atomic mass is 10.2. The van der Waals surface area contributed by atoms with E-state index in [9.17, 15) is 26.3 Å². The van der Waals surface area contributed by atoms with Crippen LogP contribution in [0.15, 0.2) is 22.7 Å². The molecule has 1 N–H and O–H groups in total. The summed E-state index contributed by atoms with van der Waals surface area (Å²) in [5, 5.41) is 2.56. The number of alkyl halides is 6. The lowest BCUT2D eigenvalue weighted by molar-refractivity contribution is -0.172. The molecule has 0 aliphatic heterocycles. The molecule has 0 atom stereocenters. The quantitative estimate of drug-likeness (QED) is 0.614. The number of rotatable bonds is 5. The predicted octanol–water partition coefficient (Wildman–Crippen LogP) is 4.46. The Morgan fingerprint density at radius 3 is 2.30 bits per heavy atom. The molecule has 0 saturated carbocycles. The predicted molar refractivity (Wildman–Crippen MR) is 64.5 cm³/mol. The molecule has 2 nitrogen and oxygen atoms in total. The van der Waals surface area contributed by atoms with E-state index in [0.717, 1.165) is 6.07 Å². The highest BCUT2D eigenvalue weighted by Crippen LogP contribution is 2.36. The fraction of sp³-hybridized carbons (Fsp3) is 0.455. The highest BCUT2D eigenvalue weighted by molar-refractivity contribution is 9.10. The Kier molecular flexibility index (Phi) is 5.69. The molecule has 0 saturated heterocycles. The molecular formula is C11H10BrF6NO. The van der Waals surface area contributed by atoms with Crippen LogP contribution < -0.4 is 5.32 Å². The van der Waals surface area contributed by atoms with Crippen LogP contribution in [0.4, 0.5) is 32.0 Å². The Morgan fingerprint density at radius 2 is 1.75 bits per heavy atom. The van der Waals surface area contributed by atoms with Crippen molar-refractivity contribution < 1.29 is 31.1 Å². The molecule has 1 aromatic rings. The van der Waals surface area contributed by atoms with E-state index in [0.29, 0.717) is 0 Å². The SMILES string of the molecule is FC(F)(F)COCCNc1ccc(Br)c(C(F)(F)F)c1. The number of hydrogen-bond acceptors (Lipinski definition) is 2. The lowest BCUT2D eigenvalue weighted by Crippen LogP contribution is -2.20. The maximum absolute atomic E-state index is 12.6. The van der Waals surface area contributed by atoms with Crippen molar-refractivity contribution in [1.82, 2.24) is 0 Å². The van der Waals surface area contributed by atoms with Gasteiger partial charge < -0.3 is 10.1 Å². The van der Waals surface area contributed by atoms with E-state index < -0.39 is 24.5 Å². The van der Waals surface area contributed by atoms with Crippen molar-refractivity contribution in [2.75, 3.05) is 25.1 Å². The van der Waals surface area contributed by atoms with Gasteiger partial charge in [0.05, 0.1) is 12.2 Å². The molecule has 0 spiro atoms. The molecular weight excluding hydrogens is 356 g/mol. The zero-order chi connectivity index (χ0) is 15.4. The minimum absolute atomic E-state index is 0.0327. The molecule has 1 aromatic carbocycles. The summed E-state index contributed by atoms with van der Waals surface area (Å²) in [5.41, 5.74) is -0.713. The van der Waals surface area contributed by atoms with E-state index in [4.69, 9.17) is 0 Å². The Morgan fingerprint density at radius 1 is 1.10 bits per heavy atom. The van der Waals surface area contributed by atoms with Crippen LogP contribution in [-0.4, -0.2) is 25.9 Å². The maximum Gasteiger partial charge on any atom is 0.417 e. The second-order valence-corrected chi connectivity index (χ2v) is 4.64. The molecule has 114 valence electrons. The molecule has 0 aromatic heterocycles. The molecule has 1 rings (SSSR count). The summed E-state index contributed by atoms with van der Waals surface area (Å²) >= 11 is 2.78. The maximum atomic E-state index is 12.6. The Hall–Kier alpha value is -0.960. The van der Waals surface area contributed by atoms with Crippen LogP contribution >= 0.6 is 15.9 Å². The third-order valence-corrected chi connectivity index (χ3v) is 2.80. The summed E-state index contributed by atoms with van der Waals surface area (Å²) in [6.45, 7) is -1.69. The van der Waals surface area contributed by atoms with E-state index in [1.54, 1.807) is 0 Å². The molecule has 0 amide bonds. The fourth-order valence-electron chi connectivity index (χ4n) is 1.31. The second kappa shape index (κ2) is 6.66. The summed E-state index contributed by atoms with van der Waals surface area (Å²) in [7, 11) is 0. The van der Waals surface area contributed by atoms with Crippen LogP contribution in [0.25, 0.3) is 0 Å². The van der Waals surface area contributed by atoms with E-state index in [1.807, 2.05) is 0 Å². The van der Waals surface area contributed by atoms with E-state index in [2.05, 4.69) is 26.0 Å². The number of ether oxygens (including phenoxy) is 1. The summed E-state index contributed by atoms with van der Waals surface area (Å²) in [6.07, 6.45) is -8.93. The smallest absolute Gasteiger partial charge is 0.383 e. The first kappa shape index (κ1) is 17.1. The van der Waals surface area contributed by atoms with E-state index in [1.165, 1.54) is 12.1 Å². The zero-order valence-corrected chi connectivity index (χ0v) is 11.5. The van der Waals surface area contributed by atoms with Crippen molar-refractivity contribution in [3.05, 3.63) is 28.2 Å². The van der Waals surface area contributed by atoms with Gasteiger partial charge in [0.2, 0.25) is 0 Å². The van der Waals surface area contributed by atoms with Gasteiger partial charge in [0.25, 0.3) is 0 Å². The number of halogens is 7. The molecule has 0 fully saturated rings. The zero-order valence-electron chi connectivity index (χ0n) is 9.91. The topological polar surface area (TPSA) is 21.3 Å². The van der Waals surface area contributed by atoms with Crippen molar-refractivity contribution in [1.29, 1.82) is 0 Å². The average molecular weight is 366 g/mol. The number of nitrogens with one attached hydrogen (secondary N) is 1.